The smallest absolute Gasteiger partial charge is 0.275 e. The van der Waals surface area contributed by atoms with E-state index < -0.39 is 4.92 Å². The number of hydrogen-bond acceptors (Lipinski definition) is 6. The van der Waals surface area contributed by atoms with Gasteiger partial charge in [-0.1, -0.05) is 0 Å². The number of nitrogens with zero attached hydrogens (tertiary/aromatic N) is 2. The molecule has 1 aromatic rings. The quantitative estimate of drug-likeness (QED) is 0.667. The minimum absolute atomic E-state index is 0.0731. The van der Waals surface area contributed by atoms with Gasteiger partial charge in [0.2, 0.25) is 0 Å². The zero-order valence-corrected chi connectivity index (χ0v) is 10.9. The molecule has 0 saturated carbocycles. The van der Waals surface area contributed by atoms with E-state index in [2.05, 4.69) is 10.3 Å². The Morgan fingerprint density at radius 2 is 2.22 bits per heavy atom. The summed E-state index contributed by atoms with van der Waals surface area (Å²) in [5, 5.41) is 14.8. The molecule has 0 spiro atoms. The van der Waals surface area contributed by atoms with Crippen LogP contribution in [-0.2, 0) is 4.74 Å². The molecule has 18 heavy (non-hydrogen) atoms. The molecule has 1 aliphatic heterocycles. The molecule has 0 bridgehead atoms. The lowest BCUT2D eigenvalue weighted by molar-refractivity contribution is -0.385. The first kappa shape index (κ1) is 13.1. The molecule has 0 atom stereocenters. The summed E-state index contributed by atoms with van der Waals surface area (Å²) in [5.74, 6) is 0.527. The second-order valence-electron chi connectivity index (χ2n) is 3.99. The van der Waals surface area contributed by atoms with Crippen molar-refractivity contribution in [3.05, 3.63) is 22.2 Å². The zero-order valence-electron chi connectivity index (χ0n) is 10.1. The lowest BCUT2D eigenvalue weighted by Crippen LogP contribution is -2.17. The van der Waals surface area contributed by atoms with Crippen molar-refractivity contribution in [1.29, 1.82) is 0 Å². The molecule has 0 unspecified atom stereocenters. The van der Waals surface area contributed by atoms with Gasteiger partial charge in [0.1, 0.15) is 10.8 Å². The molecule has 7 heteroatoms. The van der Waals surface area contributed by atoms with E-state index >= 15 is 0 Å². The number of nitro groups is 1. The molecule has 1 aromatic heterocycles. The van der Waals surface area contributed by atoms with E-state index in [1.54, 1.807) is 18.8 Å². The number of nitrogens with one attached hydrogen (secondary N) is 1. The van der Waals surface area contributed by atoms with E-state index in [1.165, 1.54) is 12.1 Å². The van der Waals surface area contributed by atoms with Crippen LogP contribution in [0.5, 0.6) is 0 Å². The van der Waals surface area contributed by atoms with Gasteiger partial charge in [-0.15, -0.1) is 11.8 Å². The van der Waals surface area contributed by atoms with E-state index in [-0.39, 0.29) is 5.69 Å². The Bertz CT molecular complexity index is 436. The maximum absolute atomic E-state index is 10.8. The Morgan fingerprint density at radius 1 is 1.50 bits per heavy atom. The van der Waals surface area contributed by atoms with Crippen LogP contribution in [0.15, 0.2) is 17.2 Å². The summed E-state index contributed by atoms with van der Waals surface area (Å²) in [6.45, 7) is 1.51. The first-order chi connectivity index (χ1) is 8.69. The van der Waals surface area contributed by atoms with E-state index in [1.807, 2.05) is 0 Å². The van der Waals surface area contributed by atoms with Crippen molar-refractivity contribution in [3.63, 3.8) is 0 Å². The third-order valence-electron chi connectivity index (χ3n) is 2.71. The molecule has 1 saturated heterocycles. The fourth-order valence-corrected chi connectivity index (χ4v) is 2.86. The third kappa shape index (κ3) is 3.33. The molecule has 1 N–H and O–H groups in total. The molecule has 0 aliphatic carbocycles. The zero-order chi connectivity index (χ0) is 13.0. The highest BCUT2D eigenvalue weighted by atomic mass is 32.2. The summed E-state index contributed by atoms with van der Waals surface area (Å²) in [5.41, 5.74) is 0.0731. The predicted molar refractivity (Wildman–Crippen MR) is 70.1 cm³/mol. The monoisotopic (exact) mass is 269 g/mol. The predicted octanol–water partition coefficient (Wildman–Crippen LogP) is 2.30. The summed E-state index contributed by atoms with van der Waals surface area (Å²) in [7, 11) is 1.70. The minimum Gasteiger partial charge on any atom is -0.381 e. The van der Waals surface area contributed by atoms with Gasteiger partial charge in [0.15, 0.2) is 0 Å². The van der Waals surface area contributed by atoms with Crippen molar-refractivity contribution in [2.24, 2.45) is 0 Å². The van der Waals surface area contributed by atoms with Crippen LogP contribution < -0.4 is 5.32 Å². The normalized spacial score (nSPS) is 16.5. The van der Waals surface area contributed by atoms with Gasteiger partial charge < -0.3 is 10.1 Å². The van der Waals surface area contributed by atoms with Crippen LogP contribution >= 0.6 is 11.8 Å². The molecule has 1 aliphatic rings. The summed E-state index contributed by atoms with van der Waals surface area (Å²) in [6, 6.07) is 2.97. The van der Waals surface area contributed by atoms with Gasteiger partial charge in [-0.3, -0.25) is 10.1 Å². The molecule has 0 aromatic carbocycles. The second kappa shape index (κ2) is 6.01. The lowest BCUT2D eigenvalue weighted by Gasteiger charge is -2.21. The standard InChI is InChI=1S/C11H15N3O3S/c1-12-10-6-8(14(15)16)7-11(13-10)18-9-2-4-17-5-3-9/h6-7,9H,2-5H2,1H3,(H,12,13). The van der Waals surface area contributed by atoms with Gasteiger partial charge in [-0.25, -0.2) is 4.98 Å². The first-order valence-electron chi connectivity index (χ1n) is 5.77. The Balaban J connectivity index is 2.15. The number of anilines is 1. The van der Waals surface area contributed by atoms with Crippen molar-refractivity contribution in [1.82, 2.24) is 4.98 Å². The summed E-state index contributed by atoms with van der Waals surface area (Å²) >= 11 is 1.59. The fourth-order valence-electron chi connectivity index (χ4n) is 1.75. The largest absolute Gasteiger partial charge is 0.381 e. The third-order valence-corrected chi connectivity index (χ3v) is 3.96. The van der Waals surface area contributed by atoms with Gasteiger partial charge >= 0.3 is 0 Å². The number of rotatable bonds is 4. The van der Waals surface area contributed by atoms with E-state index in [9.17, 15) is 10.1 Å². The van der Waals surface area contributed by atoms with Crippen LogP contribution in [0.3, 0.4) is 0 Å². The van der Waals surface area contributed by atoms with E-state index in [4.69, 9.17) is 4.74 Å². The molecule has 0 amide bonds. The average molecular weight is 269 g/mol. The van der Waals surface area contributed by atoms with Crippen LogP contribution in [0.2, 0.25) is 0 Å². The topological polar surface area (TPSA) is 77.3 Å². The summed E-state index contributed by atoms with van der Waals surface area (Å²) < 4.78 is 5.29. The average Bonchev–Trinajstić information content (AvgIpc) is 2.39. The maximum Gasteiger partial charge on any atom is 0.275 e. The van der Waals surface area contributed by atoms with E-state index in [0.717, 1.165) is 26.1 Å². The van der Waals surface area contributed by atoms with Gasteiger partial charge in [0, 0.05) is 31.6 Å². The number of thioether (sulfide) groups is 1. The van der Waals surface area contributed by atoms with Crippen LogP contribution in [-0.4, -0.2) is 35.4 Å². The Hall–Kier alpha value is -1.34. The summed E-state index contributed by atoms with van der Waals surface area (Å²) in [4.78, 5) is 14.8. The lowest BCUT2D eigenvalue weighted by atomic mass is 10.2. The number of pyridine rings is 1. The first-order valence-corrected chi connectivity index (χ1v) is 6.65. The van der Waals surface area contributed by atoms with Crippen LogP contribution in [0.1, 0.15) is 12.8 Å². The van der Waals surface area contributed by atoms with Crippen molar-refractivity contribution in [2.45, 2.75) is 23.1 Å². The van der Waals surface area contributed by atoms with Crippen molar-refractivity contribution in [2.75, 3.05) is 25.6 Å². The van der Waals surface area contributed by atoms with E-state index in [0.29, 0.717) is 16.1 Å². The summed E-state index contributed by atoms with van der Waals surface area (Å²) in [6.07, 6.45) is 1.92. The highest BCUT2D eigenvalue weighted by Gasteiger charge is 2.18. The van der Waals surface area contributed by atoms with Gasteiger partial charge in [0.05, 0.1) is 11.0 Å². The van der Waals surface area contributed by atoms with Crippen molar-refractivity contribution in [3.8, 4) is 0 Å². The van der Waals surface area contributed by atoms with Gasteiger partial charge in [-0.2, -0.15) is 0 Å². The highest BCUT2D eigenvalue weighted by molar-refractivity contribution is 7.99. The molecular weight excluding hydrogens is 254 g/mol. The molecule has 1 fully saturated rings. The Kier molecular flexibility index (Phi) is 4.38. The minimum atomic E-state index is -0.392. The van der Waals surface area contributed by atoms with Crippen LogP contribution in [0, 0.1) is 10.1 Å². The molecular formula is C11H15N3O3S. The fraction of sp³-hybridized carbons (Fsp3) is 0.545. The number of aromatic nitrogens is 1. The molecule has 2 heterocycles. The number of ether oxygens (including phenoxy) is 1. The van der Waals surface area contributed by atoms with Gasteiger partial charge in [-0.05, 0) is 12.8 Å². The highest BCUT2D eigenvalue weighted by Crippen LogP contribution is 2.31. The van der Waals surface area contributed by atoms with Gasteiger partial charge in [0.25, 0.3) is 5.69 Å². The van der Waals surface area contributed by atoms with Crippen molar-refractivity contribution >= 4 is 23.3 Å². The SMILES string of the molecule is CNc1cc([N+](=O)[O-])cc(SC2CCOCC2)n1. The second-order valence-corrected chi connectivity index (χ2v) is 5.31. The molecule has 6 nitrogen and oxygen atoms in total. The molecule has 2 rings (SSSR count). The Labute approximate surface area is 109 Å². The van der Waals surface area contributed by atoms with Crippen LogP contribution in [0.4, 0.5) is 11.5 Å². The number of hydrogen-bond donors (Lipinski definition) is 1. The van der Waals surface area contributed by atoms with Crippen LogP contribution in [0.25, 0.3) is 0 Å². The molecule has 98 valence electrons. The molecule has 0 radical (unpaired) electrons. The van der Waals surface area contributed by atoms with Crippen molar-refractivity contribution < 1.29 is 9.66 Å². The maximum atomic E-state index is 10.8. The Morgan fingerprint density at radius 3 is 2.83 bits per heavy atom.